The molecule has 1 aromatic heterocycles. The summed E-state index contributed by atoms with van der Waals surface area (Å²) < 4.78 is 15.5. The summed E-state index contributed by atoms with van der Waals surface area (Å²) in [6, 6.07) is 9.89. The molecular formula is C18H22N2O5. The fourth-order valence-electron chi connectivity index (χ4n) is 2.07. The third-order valence-electron chi connectivity index (χ3n) is 3.41. The maximum absolute atomic E-state index is 12.1. The van der Waals surface area contributed by atoms with E-state index in [1.807, 2.05) is 24.3 Å². The number of carbonyl (C=O) groups excluding carboxylic acids is 2. The van der Waals surface area contributed by atoms with Gasteiger partial charge in [0.25, 0.3) is 5.91 Å². The van der Waals surface area contributed by atoms with Gasteiger partial charge in [-0.15, -0.1) is 0 Å². The molecule has 1 atom stereocenters. The standard InChI is InChI=1S/C18H22N2O5/c1-13(20-18(22)16-7-4-8-25-16)17(21)19-12-14-5-3-6-15(11-14)24-10-9-23-2/h3-8,11,13H,9-10,12H2,1-2H3,(H,19,21)(H,20,22). The van der Waals surface area contributed by atoms with Crippen molar-refractivity contribution in [2.24, 2.45) is 0 Å². The molecule has 1 heterocycles. The molecule has 0 aliphatic heterocycles. The van der Waals surface area contributed by atoms with Crippen LogP contribution in [-0.2, 0) is 16.1 Å². The van der Waals surface area contributed by atoms with Crippen LogP contribution >= 0.6 is 0 Å². The highest BCUT2D eigenvalue weighted by Gasteiger charge is 2.17. The van der Waals surface area contributed by atoms with Crippen LogP contribution in [0.2, 0.25) is 0 Å². The molecule has 0 spiro atoms. The molecule has 0 saturated carbocycles. The fourth-order valence-corrected chi connectivity index (χ4v) is 2.07. The van der Waals surface area contributed by atoms with E-state index in [9.17, 15) is 9.59 Å². The van der Waals surface area contributed by atoms with E-state index in [-0.39, 0.29) is 11.7 Å². The van der Waals surface area contributed by atoms with Gasteiger partial charge in [-0.1, -0.05) is 12.1 Å². The van der Waals surface area contributed by atoms with Gasteiger partial charge in [0.05, 0.1) is 12.9 Å². The molecule has 7 heteroatoms. The predicted molar refractivity (Wildman–Crippen MR) is 91.3 cm³/mol. The normalized spacial score (nSPS) is 11.6. The van der Waals surface area contributed by atoms with Gasteiger partial charge in [-0.05, 0) is 36.8 Å². The maximum atomic E-state index is 12.1. The highest BCUT2D eigenvalue weighted by Crippen LogP contribution is 2.13. The highest BCUT2D eigenvalue weighted by atomic mass is 16.5. The van der Waals surface area contributed by atoms with E-state index in [0.717, 1.165) is 5.56 Å². The minimum absolute atomic E-state index is 0.167. The monoisotopic (exact) mass is 346 g/mol. The average Bonchev–Trinajstić information content (AvgIpc) is 3.15. The first-order valence-corrected chi connectivity index (χ1v) is 7.93. The summed E-state index contributed by atoms with van der Waals surface area (Å²) in [7, 11) is 1.61. The first kappa shape index (κ1) is 18.5. The number of furan rings is 1. The molecule has 134 valence electrons. The van der Waals surface area contributed by atoms with E-state index in [4.69, 9.17) is 13.9 Å². The minimum atomic E-state index is -0.682. The highest BCUT2D eigenvalue weighted by molar-refractivity contribution is 5.95. The van der Waals surface area contributed by atoms with Crippen LogP contribution in [0.1, 0.15) is 23.0 Å². The lowest BCUT2D eigenvalue weighted by atomic mass is 10.2. The van der Waals surface area contributed by atoms with Crippen molar-refractivity contribution in [1.82, 2.24) is 10.6 Å². The van der Waals surface area contributed by atoms with E-state index in [1.165, 1.54) is 12.3 Å². The van der Waals surface area contributed by atoms with Crippen molar-refractivity contribution in [3.63, 3.8) is 0 Å². The molecule has 0 aliphatic rings. The summed E-state index contributed by atoms with van der Waals surface area (Å²) in [6.07, 6.45) is 1.40. The van der Waals surface area contributed by atoms with Gasteiger partial charge >= 0.3 is 0 Å². The average molecular weight is 346 g/mol. The fraction of sp³-hybridized carbons (Fsp3) is 0.333. The van der Waals surface area contributed by atoms with Gasteiger partial charge in [0.2, 0.25) is 5.91 Å². The Balaban J connectivity index is 1.80. The van der Waals surface area contributed by atoms with E-state index in [0.29, 0.717) is 25.5 Å². The Kier molecular flexibility index (Phi) is 7.03. The summed E-state index contributed by atoms with van der Waals surface area (Å²) in [5, 5.41) is 5.36. The number of amides is 2. The molecule has 25 heavy (non-hydrogen) atoms. The van der Waals surface area contributed by atoms with Crippen LogP contribution in [0.25, 0.3) is 0 Å². The second kappa shape index (κ2) is 9.48. The molecule has 7 nitrogen and oxygen atoms in total. The third-order valence-corrected chi connectivity index (χ3v) is 3.41. The lowest BCUT2D eigenvalue weighted by Gasteiger charge is -2.14. The number of carbonyl (C=O) groups is 2. The SMILES string of the molecule is COCCOc1cccc(CNC(=O)C(C)NC(=O)c2ccco2)c1. The van der Waals surface area contributed by atoms with Crippen LogP contribution in [0.3, 0.4) is 0 Å². The summed E-state index contributed by atoms with van der Waals surface area (Å²) in [6.45, 7) is 2.91. The number of rotatable bonds is 9. The van der Waals surface area contributed by atoms with Crippen LogP contribution < -0.4 is 15.4 Å². The van der Waals surface area contributed by atoms with Crippen LogP contribution in [-0.4, -0.2) is 38.2 Å². The molecule has 0 bridgehead atoms. The second-order valence-corrected chi connectivity index (χ2v) is 5.38. The lowest BCUT2D eigenvalue weighted by molar-refractivity contribution is -0.122. The number of hydrogen-bond acceptors (Lipinski definition) is 5. The molecule has 0 radical (unpaired) electrons. The molecule has 2 N–H and O–H groups in total. The summed E-state index contributed by atoms with van der Waals surface area (Å²) in [5.74, 6) is 0.162. The van der Waals surface area contributed by atoms with Crippen LogP contribution in [0.5, 0.6) is 5.75 Å². The summed E-state index contributed by atoms with van der Waals surface area (Å²) >= 11 is 0. The largest absolute Gasteiger partial charge is 0.491 e. The Bertz CT molecular complexity index is 685. The summed E-state index contributed by atoms with van der Waals surface area (Å²) in [5.41, 5.74) is 0.896. The Morgan fingerprint density at radius 3 is 2.76 bits per heavy atom. The topological polar surface area (TPSA) is 89.8 Å². The van der Waals surface area contributed by atoms with Gasteiger partial charge in [-0.3, -0.25) is 9.59 Å². The van der Waals surface area contributed by atoms with Crippen molar-refractivity contribution in [3.05, 3.63) is 54.0 Å². The first-order valence-electron chi connectivity index (χ1n) is 7.93. The number of methoxy groups -OCH3 is 1. The zero-order chi connectivity index (χ0) is 18.1. The van der Waals surface area contributed by atoms with Crippen molar-refractivity contribution in [2.45, 2.75) is 19.5 Å². The predicted octanol–water partition coefficient (Wildman–Crippen LogP) is 1.74. The Morgan fingerprint density at radius 1 is 1.20 bits per heavy atom. The van der Waals surface area contributed by atoms with E-state index >= 15 is 0 Å². The minimum Gasteiger partial charge on any atom is -0.491 e. The van der Waals surface area contributed by atoms with Crippen molar-refractivity contribution in [1.29, 1.82) is 0 Å². The quantitative estimate of drug-likeness (QED) is 0.675. The molecule has 2 amide bonds. The van der Waals surface area contributed by atoms with Crippen molar-refractivity contribution in [2.75, 3.05) is 20.3 Å². The first-order chi connectivity index (χ1) is 12.1. The van der Waals surface area contributed by atoms with Gasteiger partial charge < -0.3 is 24.5 Å². The summed E-state index contributed by atoms with van der Waals surface area (Å²) in [4.78, 5) is 24.0. The van der Waals surface area contributed by atoms with E-state index in [2.05, 4.69) is 10.6 Å². The lowest BCUT2D eigenvalue weighted by Crippen LogP contribution is -2.44. The van der Waals surface area contributed by atoms with Crippen molar-refractivity contribution >= 4 is 11.8 Å². The molecule has 2 rings (SSSR count). The van der Waals surface area contributed by atoms with Gasteiger partial charge in [0.15, 0.2) is 5.76 Å². The molecular weight excluding hydrogens is 324 g/mol. The molecule has 0 fully saturated rings. The number of hydrogen-bond donors (Lipinski definition) is 2. The van der Waals surface area contributed by atoms with E-state index < -0.39 is 11.9 Å². The van der Waals surface area contributed by atoms with Crippen molar-refractivity contribution < 1.29 is 23.5 Å². The molecule has 1 unspecified atom stereocenters. The Labute approximate surface area is 146 Å². The van der Waals surface area contributed by atoms with Crippen LogP contribution in [0.4, 0.5) is 0 Å². The maximum Gasteiger partial charge on any atom is 0.287 e. The molecule has 0 saturated heterocycles. The van der Waals surface area contributed by atoms with Gasteiger partial charge in [-0.2, -0.15) is 0 Å². The number of ether oxygens (including phenoxy) is 2. The van der Waals surface area contributed by atoms with Crippen molar-refractivity contribution in [3.8, 4) is 5.75 Å². The Morgan fingerprint density at radius 2 is 2.04 bits per heavy atom. The Hall–Kier alpha value is -2.80. The van der Waals surface area contributed by atoms with E-state index in [1.54, 1.807) is 20.1 Å². The number of benzene rings is 1. The molecule has 1 aromatic carbocycles. The van der Waals surface area contributed by atoms with Gasteiger partial charge in [0.1, 0.15) is 18.4 Å². The van der Waals surface area contributed by atoms with Crippen LogP contribution in [0.15, 0.2) is 47.1 Å². The molecule has 2 aromatic rings. The van der Waals surface area contributed by atoms with Crippen LogP contribution in [0, 0.1) is 0 Å². The van der Waals surface area contributed by atoms with Gasteiger partial charge in [-0.25, -0.2) is 0 Å². The zero-order valence-electron chi connectivity index (χ0n) is 14.3. The third kappa shape index (κ3) is 5.96. The molecule has 0 aliphatic carbocycles. The second-order valence-electron chi connectivity index (χ2n) is 5.38. The smallest absolute Gasteiger partial charge is 0.287 e. The van der Waals surface area contributed by atoms with Gasteiger partial charge in [0, 0.05) is 13.7 Å². The number of nitrogens with one attached hydrogen (secondary N) is 2. The zero-order valence-corrected chi connectivity index (χ0v) is 14.3.